The molecule has 0 amide bonds. The summed E-state index contributed by atoms with van der Waals surface area (Å²) >= 11 is 0. The molecule has 0 saturated carbocycles. The molecule has 0 aliphatic carbocycles. The van der Waals surface area contributed by atoms with Crippen LogP contribution >= 0.6 is 0 Å². The lowest BCUT2D eigenvalue weighted by Gasteiger charge is -2.30. The molecule has 0 spiro atoms. The molecule has 16 heavy (non-hydrogen) atoms. The van der Waals surface area contributed by atoms with Gasteiger partial charge < -0.3 is 5.73 Å². The highest BCUT2D eigenvalue weighted by molar-refractivity contribution is 6.01. The summed E-state index contributed by atoms with van der Waals surface area (Å²) in [5.74, 6) is 1.60. The highest BCUT2D eigenvalue weighted by atomic mass is 15.6. The van der Waals surface area contributed by atoms with Crippen LogP contribution in [0, 0.1) is 5.41 Å². The zero-order chi connectivity index (χ0) is 11.8. The lowest BCUT2D eigenvalue weighted by Crippen LogP contribution is -2.39. The summed E-state index contributed by atoms with van der Waals surface area (Å²) in [4.78, 5) is 4.62. The molecule has 0 fully saturated rings. The van der Waals surface area contributed by atoms with Crippen LogP contribution in [-0.2, 0) is 0 Å². The quantitative estimate of drug-likeness (QED) is 0.706. The van der Waals surface area contributed by atoms with Crippen molar-refractivity contribution in [1.29, 1.82) is 0 Å². The van der Waals surface area contributed by atoms with E-state index in [-0.39, 0.29) is 5.41 Å². The molecule has 2 heterocycles. The maximum atomic E-state index is 5.98. The van der Waals surface area contributed by atoms with E-state index in [1.807, 2.05) is 23.2 Å². The fourth-order valence-electron chi connectivity index (χ4n) is 1.89. The van der Waals surface area contributed by atoms with Crippen LogP contribution in [0.5, 0.6) is 0 Å². The molecule has 0 aromatic rings. The van der Waals surface area contributed by atoms with Crippen molar-refractivity contribution >= 4 is 5.71 Å². The molecule has 2 aliphatic rings. The molecule has 0 atom stereocenters. The first-order chi connectivity index (χ1) is 7.54. The Morgan fingerprint density at radius 2 is 2.44 bits per heavy atom. The summed E-state index contributed by atoms with van der Waals surface area (Å²) < 4.78 is 0. The Kier molecular flexibility index (Phi) is 2.59. The molecular weight excluding hydrogens is 200 g/mol. The van der Waals surface area contributed by atoms with Gasteiger partial charge in [-0.3, -0.25) is 0 Å². The van der Waals surface area contributed by atoms with E-state index >= 15 is 0 Å². The number of fused-ring (bicyclic) bond motifs is 1. The van der Waals surface area contributed by atoms with E-state index in [0.717, 1.165) is 24.5 Å². The first-order valence-corrected chi connectivity index (χ1v) is 5.45. The van der Waals surface area contributed by atoms with Crippen molar-refractivity contribution < 1.29 is 0 Å². The van der Waals surface area contributed by atoms with Gasteiger partial charge in [0.05, 0.1) is 5.71 Å². The summed E-state index contributed by atoms with van der Waals surface area (Å²) in [6.07, 6.45) is 6.76. The van der Waals surface area contributed by atoms with Crippen LogP contribution in [0.1, 0.15) is 20.3 Å². The van der Waals surface area contributed by atoms with Crippen molar-refractivity contribution in [3.63, 3.8) is 0 Å². The minimum Gasteiger partial charge on any atom is -0.384 e. The smallest absolute Gasteiger partial charge is 0.146 e. The van der Waals surface area contributed by atoms with Gasteiger partial charge in [-0.25, -0.2) is 15.4 Å². The third-order valence-electron chi connectivity index (χ3n) is 2.89. The Bertz CT molecular complexity index is 401. The number of rotatable bonds is 3. The van der Waals surface area contributed by atoms with E-state index in [9.17, 15) is 0 Å². The van der Waals surface area contributed by atoms with Gasteiger partial charge in [0.15, 0.2) is 0 Å². The second-order valence-electron chi connectivity index (χ2n) is 4.70. The highest BCUT2D eigenvalue weighted by Crippen LogP contribution is 2.29. The summed E-state index contributed by atoms with van der Waals surface area (Å²) in [6, 6.07) is 0. The fraction of sp³-hybridized carbons (Fsp3) is 0.417. The number of nitrogens with two attached hydrogens (primary N) is 1. The zero-order valence-corrected chi connectivity index (χ0v) is 9.83. The molecule has 3 N–H and O–H groups in total. The van der Waals surface area contributed by atoms with Crippen LogP contribution in [0.3, 0.4) is 0 Å². The summed E-state index contributed by atoms with van der Waals surface area (Å²) in [7, 11) is 0. The number of aliphatic imine (C=N–C) groups is 1. The van der Waals surface area contributed by atoms with Gasteiger partial charge in [-0.1, -0.05) is 19.9 Å². The second kappa shape index (κ2) is 3.79. The zero-order valence-electron chi connectivity index (χ0n) is 9.83. The molecular formula is C12H18N4. The molecule has 86 valence electrons. The Morgan fingerprint density at radius 1 is 1.69 bits per heavy atom. The first-order valence-electron chi connectivity index (χ1n) is 5.45. The number of allylic oxidation sites excluding steroid dienone is 2. The number of hydrogen-bond donors (Lipinski definition) is 2. The largest absolute Gasteiger partial charge is 0.384 e. The van der Waals surface area contributed by atoms with Crippen molar-refractivity contribution in [2.45, 2.75) is 20.3 Å². The third-order valence-corrected chi connectivity index (χ3v) is 2.89. The van der Waals surface area contributed by atoms with Gasteiger partial charge in [-0.15, -0.1) is 6.58 Å². The number of hydrogen-bond acceptors (Lipinski definition) is 4. The third kappa shape index (κ3) is 1.76. The van der Waals surface area contributed by atoms with E-state index in [0.29, 0.717) is 5.82 Å². The van der Waals surface area contributed by atoms with Gasteiger partial charge in [0.1, 0.15) is 11.6 Å². The number of nitrogens with zero attached hydrogens (tertiary/aromatic N) is 2. The summed E-state index contributed by atoms with van der Waals surface area (Å²) in [5, 5.41) is 1.81. The fourth-order valence-corrected chi connectivity index (χ4v) is 1.89. The Balaban J connectivity index is 2.33. The van der Waals surface area contributed by atoms with Crippen molar-refractivity contribution in [1.82, 2.24) is 10.4 Å². The lowest BCUT2D eigenvalue weighted by atomic mass is 9.83. The molecule has 0 bridgehead atoms. The van der Waals surface area contributed by atoms with Crippen LogP contribution in [0.15, 0.2) is 41.4 Å². The topological polar surface area (TPSA) is 53.7 Å². The minimum absolute atomic E-state index is 0.0259. The first kappa shape index (κ1) is 11.0. The van der Waals surface area contributed by atoms with Crippen molar-refractivity contribution in [2.75, 3.05) is 6.54 Å². The summed E-state index contributed by atoms with van der Waals surface area (Å²) in [5.41, 5.74) is 10.1. The molecule has 0 aromatic carbocycles. The van der Waals surface area contributed by atoms with Crippen molar-refractivity contribution in [2.24, 2.45) is 16.1 Å². The van der Waals surface area contributed by atoms with E-state index in [4.69, 9.17) is 5.73 Å². The van der Waals surface area contributed by atoms with Gasteiger partial charge in [-0.05, 0) is 12.5 Å². The lowest BCUT2D eigenvalue weighted by molar-refractivity contribution is 0.342. The van der Waals surface area contributed by atoms with Gasteiger partial charge >= 0.3 is 0 Å². The van der Waals surface area contributed by atoms with E-state index in [1.165, 1.54) is 0 Å². The average molecular weight is 218 g/mol. The molecule has 0 saturated heterocycles. The maximum absolute atomic E-state index is 5.98. The highest BCUT2D eigenvalue weighted by Gasteiger charge is 2.29. The van der Waals surface area contributed by atoms with Crippen LogP contribution < -0.4 is 11.2 Å². The molecule has 4 nitrogen and oxygen atoms in total. The molecule has 4 heteroatoms. The monoisotopic (exact) mass is 218 g/mol. The van der Waals surface area contributed by atoms with Crippen LogP contribution in [0.4, 0.5) is 0 Å². The Hall–Kier alpha value is -1.55. The van der Waals surface area contributed by atoms with Crippen molar-refractivity contribution in [3.8, 4) is 0 Å². The molecule has 2 aliphatic heterocycles. The summed E-state index contributed by atoms with van der Waals surface area (Å²) in [6.45, 7) is 8.86. The Morgan fingerprint density at radius 3 is 3.12 bits per heavy atom. The van der Waals surface area contributed by atoms with Crippen LogP contribution in [0.25, 0.3) is 0 Å². The standard InChI is InChI=1S/C12H18N4/c1-4-6-12(2,3)9-8-10(13)16-11(15-9)5-7-14-16/h4-5,8,14H,1,6-7,13H2,2-3H3. The minimum atomic E-state index is -0.0259. The van der Waals surface area contributed by atoms with E-state index < -0.39 is 0 Å². The van der Waals surface area contributed by atoms with E-state index in [2.05, 4.69) is 30.8 Å². The number of hydrazine groups is 1. The van der Waals surface area contributed by atoms with Gasteiger partial charge in [0.25, 0.3) is 0 Å². The van der Waals surface area contributed by atoms with E-state index in [1.54, 1.807) is 0 Å². The molecule has 0 aromatic heterocycles. The second-order valence-corrected chi connectivity index (χ2v) is 4.70. The molecule has 2 rings (SSSR count). The van der Waals surface area contributed by atoms with Crippen LogP contribution in [-0.4, -0.2) is 17.3 Å². The maximum Gasteiger partial charge on any atom is 0.146 e. The Labute approximate surface area is 96.2 Å². The predicted octanol–water partition coefficient (Wildman–Crippen LogP) is 1.50. The van der Waals surface area contributed by atoms with Crippen molar-refractivity contribution in [3.05, 3.63) is 36.4 Å². The number of nitrogens with one attached hydrogen (secondary N) is 1. The predicted molar refractivity (Wildman–Crippen MR) is 66.2 cm³/mol. The van der Waals surface area contributed by atoms with Gasteiger partial charge in [0, 0.05) is 18.0 Å². The van der Waals surface area contributed by atoms with Crippen LogP contribution in [0.2, 0.25) is 0 Å². The SMILES string of the molecule is C=CCC(C)(C)C1=NC2=CCNN2C(N)=C1. The van der Waals surface area contributed by atoms with Gasteiger partial charge in [0.2, 0.25) is 0 Å². The molecule has 0 unspecified atom stereocenters. The molecule has 0 radical (unpaired) electrons. The normalized spacial score (nSPS) is 19.9. The average Bonchev–Trinajstić information content (AvgIpc) is 2.65. The van der Waals surface area contributed by atoms with Gasteiger partial charge in [-0.2, -0.15) is 0 Å².